The molecule has 0 unspecified atom stereocenters. The first-order chi connectivity index (χ1) is 21.7. The number of hydrogen-bond acceptors (Lipinski definition) is 4. The molecule has 45 heavy (non-hydrogen) atoms. The molecule has 0 spiro atoms. The number of carbonyl (C=O) groups excluding carboxylic acids is 2. The third kappa shape index (κ3) is 8.38. The van der Waals surface area contributed by atoms with Crippen LogP contribution in [0.2, 0.25) is 0 Å². The molecule has 5 rings (SSSR count). The van der Waals surface area contributed by atoms with Crippen molar-refractivity contribution in [3.63, 3.8) is 0 Å². The van der Waals surface area contributed by atoms with E-state index in [0.29, 0.717) is 0 Å². The Balaban J connectivity index is 1.55. The summed E-state index contributed by atoms with van der Waals surface area (Å²) in [4.78, 5) is 29.8. The first-order valence-corrected chi connectivity index (χ1v) is 17.2. The zero-order valence-corrected chi connectivity index (χ0v) is 27.1. The van der Waals surface area contributed by atoms with Crippen LogP contribution < -0.4 is 9.62 Å². The molecule has 0 saturated heterocycles. The van der Waals surface area contributed by atoms with Gasteiger partial charge >= 0.3 is 0 Å². The number of nitrogens with zero attached hydrogens (tertiary/aromatic N) is 2. The predicted molar refractivity (Wildman–Crippen MR) is 176 cm³/mol. The molecule has 4 aromatic carbocycles. The molecule has 1 aliphatic rings. The van der Waals surface area contributed by atoms with E-state index in [2.05, 4.69) is 21.2 Å². The van der Waals surface area contributed by atoms with Crippen LogP contribution in [0.25, 0.3) is 0 Å². The van der Waals surface area contributed by atoms with Crippen molar-refractivity contribution in [3.05, 3.63) is 131 Å². The van der Waals surface area contributed by atoms with Crippen LogP contribution in [0.3, 0.4) is 0 Å². The van der Waals surface area contributed by atoms with Gasteiger partial charge in [-0.15, -0.1) is 0 Å². The van der Waals surface area contributed by atoms with Gasteiger partial charge in [-0.1, -0.05) is 89.4 Å². The number of benzene rings is 4. The maximum absolute atomic E-state index is 14.5. The minimum atomic E-state index is -4.29. The summed E-state index contributed by atoms with van der Waals surface area (Å²) in [5.41, 5.74) is 1.92. The molecule has 1 aliphatic carbocycles. The second kappa shape index (κ2) is 14.8. The van der Waals surface area contributed by atoms with Gasteiger partial charge in [0.2, 0.25) is 11.8 Å². The molecule has 1 atom stereocenters. The lowest BCUT2D eigenvalue weighted by molar-refractivity contribution is -0.140. The van der Waals surface area contributed by atoms with E-state index < -0.39 is 34.3 Å². The lowest BCUT2D eigenvalue weighted by Crippen LogP contribution is -2.54. The molecular formula is C35H35BrFN3O4S. The molecule has 0 aromatic heterocycles. The van der Waals surface area contributed by atoms with Gasteiger partial charge < -0.3 is 10.2 Å². The number of rotatable bonds is 12. The van der Waals surface area contributed by atoms with Crippen molar-refractivity contribution in [1.82, 2.24) is 10.2 Å². The maximum Gasteiger partial charge on any atom is 0.264 e. The van der Waals surface area contributed by atoms with E-state index in [1.807, 2.05) is 54.6 Å². The standard InChI is InChI=1S/C35H35BrFN3O4S/c36-28-13-9-12-27(22-28)24-39(33(23-26-10-3-1-4-11-26)35(42)38-30-14-7-8-15-30)34(41)25-40(31-16-5-2-6-17-31)45(43,44)32-20-18-29(37)19-21-32/h1-6,9-13,16-22,30,33H,7-8,14-15,23-25H2,(H,38,42)/t33-/m0/s1. The summed E-state index contributed by atoms with van der Waals surface area (Å²) >= 11 is 3.50. The smallest absolute Gasteiger partial charge is 0.264 e. The lowest BCUT2D eigenvalue weighted by Gasteiger charge is -2.34. The first kappa shape index (κ1) is 32.4. The summed E-state index contributed by atoms with van der Waals surface area (Å²) < 4.78 is 43.5. The second-order valence-electron chi connectivity index (χ2n) is 11.1. The Kier molecular flexibility index (Phi) is 10.7. The second-order valence-corrected chi connectivity index (χ2v) is 13.9. The average Bonchev–Trinajstić information content (AvgIpc) is 3.55. The highest BCUT2D eigenvalue weighted by atomic mass is 79.9. The fourth-order valence-corrected chi connectivity index (χ4v) is 7.47. The normalized spacial score (nSPS) is 14.1. The molecule has 234 valence electrons. The number of carbonyl (C=O) groups is 2. The fraction of sp³-hybridized carbons (Fsp3) is 0.257. The van der Waals surface area contributed by atoms with Crippen LogP contribution in [-0.4, -0.2) is 43.8 Å². The van der Waals surface area contributed by atoms with Gasteiger partial charge in [-0.25, -0.2) is 12.8 Å². The Hall–Kier alpha value is -4.02. The Morgan fingerprint density at radius 2 is 1.47 bits per heavy atom. The summed E-state index contributed by atoms with van der Waals surface area (Å²) in [5, 5.41) is 3.17. The quantitative estimate of drug-likeness (QED) is 0.184. The molecular weight excluding hydrogens is 657 g/mol. The first-order valence-electron chi connectivity index (χ1n) is 14.9. The molecule has 0 heterocycles. The Morgan fingerprint density at radius 3 is 2.11 bits per heavy atom. The van der Waals surface area contributed by atoms with Gasteiger partial charge in [0.25, 0.3) is 10.0 Å². The van der Waals surface area contributed by atoms with Crippen molar-refractivity contribution in [1.29, 1.82) is 0 Å². The molecule has 0 bridgehead atoms. The number of nitrogens with one attached hydrogen (secondary N) is 1. The minimum Gasteiger partial charge on any atom is -0.352 e. The maximum atomic E-state index is 14.5. The predicted octanol–water partition coefficient (Wildman–Crippen LogP) is 6.48. The van der Waals surface area contributed by atoms with Crippen molar-refractivity contribution >= 4 is 43.5 Å². The third-order valence-corrected chi connectivity index (χ3v) is 10.2. The highest BCUT2D eigenvalue weighted by Crippen LogP contribution is 2.26. The van der Waals surface area contributed by atoms with Crippen LogP contribution >= 0.6 is 15.9 Å². The molecule has 1 saturated carbocycles. The molecule has 1 N–H and O–H groups in total. The van der Waals surface area contributed by atoms with E-state index in [4.69, 9.17) is 0 Å². The number of hydrogen-bond donors (Lipinski definition) is 1. The van der Waals surface area contributed by atoms with Crippen molar-refractivity contribution in [2.24, 2.45) is 0 Å². The number of para-hydroxylation sites is 1. The third-order valence-electron chi connectivity index (χ3n) is 7.94. The van der Waals surface area contributed by atoms with Gasteiger partial charge in [0.05, 0.1) is 10.6 Å². The van der Waals surface area contributed by atoms with E-state index >= 15 is 0 Å². The summed E-state index contributed by atoms with van der Waals surface area (Å²) in [6.45, 7) is -0.493. The van der Waals surface area contributed by atoms with Crippen LogP contribution in [0.4, 0.5) is 10.1 Å². The van der Waals surface area contributed by atoms with Crippen molar-refractivity contribution in [3.8, 4) is 0 Å². The van der Waals surface area contributed by atoms with Crippen molar-refractivity contribution in [2.75, 3.05) is 10.8 Å². The van der Waals surface area contributed by atoms with Crippen LogP contribution in [0.1, 0.15) is 36.8 Å². The van der Waals surface area contributed by atoms with E-state index in [1.54, 1.807) is 30.3 Å². The van der Waals surface area contributed by atoms with Crippen LogP contribution in [0.5, 0.6) is 0 Å². The lowest BCUT2D eigenvalue weighted by atomic mass is 10.0. The number of sulfonamides is 1. The SMILES string of the molecule is O=C(NC1CCCC1)[C@H](Cc1ccccc1)N(Cc1cccc(Br)c1)C(=O)CN(c1ccccc1)S(=O)(=O)c1ccc(F)cc1. The number of halogens is 2. The Bertz CT molecular complexity index is 1700. The van der Waals surface area contributed by atoms with Gasteiger partial charge in [0.1, 0.15) is 18.4 Å². The topological polar surface area (TPSA) is 86.8 Å². The highest BCUT2D eigenvalue weighted by Gasteiger charge is 2.35. The summed E-state index contributed by atoms with van der Waals surface area (Å²) in [6, 6.07) is 28.8. The van der Waals surface area contributed by atoms with Crippen molar-refractivity contribution < 1.29 is 22.4 Å². The van der Waals surface area contributed by atoms with Crippen LogP contribution in [-0.2, 0) is 32.6 Å². The van der Waals surface area contributed by atoms with Gasteiger partial charge in [0, 0.05) is 23.5 Å². The molecule has 10 heteroatoms. The van der Waals surface area contributed by atoms with E-state index in [-0.39, 0.29) is 35.5 Å². The zero-order valence-electron chi connectivity index (χ0n) is 24.7. The van der Waals surface area contributed by atoms with Gasteiger partial charge in [-0.3, -0.25) is 13.9 Å². The van der Waals surface area contributed by atoms with E-state index in [1.165, 1.54) is 17.0 Å². The van der Waals surface area contributed by atoms with Gasteiger partial charge in [0.15, 0.2) is 0 Å². The zero-order chi connectivity index (χ0) is 31.8. The monoisotopic (exact) mass is 691 g/mol. The summed E-state index contributed by atoms with van der Waals surface area (Å²) in [7, 11) is -4.29. The fourth-order valence-electron chi connectivity index (χ4n) is 5.61. The average molecular weight is 693 g/mol. The molecule has 0 aliphatic heterocycles. The summed E-state index contributed by atoms with van der Waals surface area (Å²) in [5.74, 6) is -1.40. The molecule has 7 nitrogen and oxygen atoms in total. The largest absolute Gasteiger partial charge is 0.352 e. The molecule has 1 fully saturated rings. The highest BCUT2D eigenvalue weighted by molar-refractivity contribution is 9.10. The van der Waals surface area contributed by atoms with E-state index in [0.717, 1.165) is 57.7 Å². The van der Waals surface area contributed by atoms with Crippen LogP contribution in [0.15, 0.2) is 119 Å². The number of amides is 2. The van der Waals surface area contributed by atoms with Gasteiger partial charge in [-0.05, 0) is 72.5 Å². The van der Waals surface area contributed by atoms with Crippen LogP contribution in [0, 0.1) is 5.82 Å². The molecule has 0 radical (unpaired) electrons. The number of anilines is 1. The minimum absolute atomic E-state index is 0.0262. The molecule has 2 amide bonds. The van der Waals surface area contributed by atoms with Gasteiger partial charge in [-0.2, -0.15) is 0 Å². The Labute approximate surface area is 272 Å². The van der Waals surface area contributed by atoms with Crippen molar-refractivity contribution in [2.45, 2.75) is 55.6 Å². The summed E-state index contributed by atoms with van der Waals surface area (Å²) in [6.07, 6.45) is 4.06. The Morgan fingerprint density at radius 1 is 0.844 bits per heavy atom. The molecule has 4 aromatic rings. The van der Waals surface area contributed by atoms with E-state index in [9.17, 15) is 22.4 Å².